The first kappa shape index (κ1) is 28.8. The van der Waals surface area contributed by atoms with E-state index in [4.69, 9.17) is 0 Å². The van der Waals surface area contributed by atoms with Crippen LogP contribution in [0.1, 0.15) is 0 Å². The van der Waals surface area contributed by atoms with E-state index in [0.29, 0.717) is 0 Å². The summed E-state index contributed by atoms with van der Waals surface area (Å²) in [5.74, 6) is -41.7. The first-order valence-corrected chi connectivity index (χ1v) is 8.10. The van der Waals surface area contributed by atoms with Gasteiger partial charge >= 0.3 is 11.8 Å². The molecule has 0 aromatic heterocycles. The smallest absolute Gasteiger partial charge is 0.250 e. The summed E-state index contributed by atoms with van der Waals surface area (Å²) in [5.41, 5.74) is -31.7. The Kier molecular flexibility index (Phi) is 5.83. The van der Waals surface area contributed by atoms with Crippen molar-refractivity contribution in [2.45, 2.75) is 61.0 Å². The predicted octanol–water partition coefficient (Wildman–Crippen LogP) is 6.89. The molecule has 0 amide bonds. The van der Waals surface area contributed by atoms with Crippen LogP contribution in [0.25, 0.3) is 0 Å². The third-order valence-electron chi connectivity index (χ3n) is 6.54. The molecule has 0 aromatic rings. The van der Waals surface area contributed by atoms with Gasteiger partial charge in [-0.2, -0.15) is 0 Å². The number of hydrogen-bond acceptors (Lipinski definition) is 0. The Morgan fingerprint density at radius 3 is 0.853 bits per heavy atom. The van der Waals surface area contributed by atoms with E-state index in [1.54, 1.807) is 0 Å². The van der Waals surface area contributed by atoms with E-state index in [0.717, 1.165) is 0 Å². The highest BCUT2D eigenvalue weighted by atomic mass is 19.3. The molecule has 0 heterocycles. The van der Waals surface area contributed by atoms with Gasteiger partial charge in [0.1, 0.15) is 6.67 Å². The minimum absolute atomic E-state index is 4.48. The largest absolute Gasteiger partial charge is 0.316 e. The van der Waals surface area contributed by atoms with Crippen molar-refractivity contribution in [3.05, 3.63) is 0 Å². The maximum absolute atomic E-state index is 14.8. The second-order valence-corrected chi connectivity index (χ2v) is 7.51. The monoisotopic (exact) mass is 554 g/mol. The summed E-state index contributed by atoms with van der Waals surface area (Å²) in [6.07, 6.45) is -26.2. The molecule has 0 spiro atoms. The fraction of sp³-hybridized carbons (Fsp3) is 1.00. The molecule has 2 atom stereocenters. The lowest BCUT2D eigenvalue weighted by Gasteiger charge is -2.71. The van der Waals surface area contributed by atoms with Crippen LogP contribution in [0.5, 0.6) is 0 Å². The molecule has 2 bridgehead atoms. The van der Waals surface area contributed by atoms with Gasteiger partial charge in [0.15, 0.2) is 5.41 Å². The summed E-state index contributed by atoms with van der Waals surface area (Å²) >= 11 is 0. The van der Waals surface area contributed by atoms with Crippen LogP contribution in [0.2, 0.25) is 0 Å². The van der Waals surface area contributed by atoms with Crippen LogP contribution in [-0.4, -0.2) is 67.7 Å². The van der Waals surface area contributed by atoms with Gasteiger partial charge in [0.05, 0.1) is 0 Å². The minimum atomic E-state index is -8.44. The molecule has 0 aliphatic heterocycles. The summed E-state index contributed by atoms with van der Waals surface area (Å²) in [6, 6.07) is 0. The second kappa shape index (κ2) is 6.88. The highest BCUT2D eigenvalue weighted by Crippen LogP contribution is 2.88. The fourth-order valence-corrected chi connectivity index (χ4v) is 4.76. The van der Waals surface area contributed by atoms with Crippen molar-refractivity contribution in [1.82, 2.24) is 0 Å². The van der Waals surface area contributed by atoms with Crippen molar-refractivity contribution in [2.75, 3.05) is 6.67 Å². The summed E-state index contributed by atoms with van der Waals surface area (Å²) in [7, 11) is 0. The molecule has 34 heavy (non-hydrogen) atoms. The van der Waals surface area contributed by atoms with E-state index in [-0.39, 0.29) is 0 Å². The average Bonchev–Trinajstić information content (AvgIpc) is 2.56. The average molecular weight is 554 g/mol. The van der Waals surface area contributed by atoms with Gasteiger partial charge in [0.2, 0.25) is 10.8 Å². The molecule has 2 unspecified atom stereocenters. The van der Waals surface area contributed by atoms with Crippen molar-refractivity contribution in [2.24, 2.45) is 16.2 Å². The normalized spacial score (nSPS) is 42.0. The summed E-state index contributed by atoms with van der Waals surface area (Å²) < 4.78 is 282. The first-order valence-electron chi connectivity index (χ1n) is 8.10. The summed E-state index contributed by atoms with van der Waals surface area (Å²) in [6.45, 7) is -4.48. The van der Waals surface area contributed by atoms with E-state index in [2.05, 4.69) is 0 Å². The van der Waals surface area contributed by atoms with E-state index in [9.17, 15) is 87.8 Å². The number of hydrogen-bond donors (Lipinski definition) is 0. The fourth-order valence-electron chi connectivity index (χ4n) is 4.76. The zero-order chi connectivity index (χ0) is 27.5. The molecule has 2 rings (SSSR count). The van der Waals surface area contributed by atoms with Gasteiger partial charge in [-0.05, 0) is 0 Å². The Labute approximate surface area is 173 Å². The lowest BCUT2D eigenvalue weighted by molar-refractivity contribution is -0.583. The topological polar surface area (TPSA) is 0 Å². The van der Waals surface area contributed by atoms with Gasteiger partial charge in [0.25, 0.3) is 49.1 Å². The molecule has 2 aliphatic rings. The van der Waals surface area contributed by atoms with E-state index in [1.807, 2.05) is 0 Å². The number of fused-ring (bicyclic) bond motifs is 2. The van der Waals surface area contributed by atoms with Crippen LogP contribution in [0, 0.1) is 16.2 Å². The standard InChI is InChI=1S/C14H6F20/c15-1-6(2(16)17)10(25,26)7(3(18)19)12(29,30)8(4(20)21,11(6,27)28)14(33,34)9(24,5(22)23)13(7,31)32/h2-5H,1H2. The number of rotatable bonds is 5. The maximum Gasteiger partial charge on any atom is 0.316 e. The molecule has 0 radical (unpaired) electrons. The molecular formula is C14H6F20. The van der Waals surface area contributed by atoms with Crippen LogP contribution in [-0.2, 0) is 0 Å². The van der Waals surface area contributed by atoms with E-state index in [1.165, 1.54) is 0 Å². The van der Waals surface area contributed by atoms with Crippen LogP contribution in [0.3, 0.4) is 0 Å². The van der Waals surface area contributed by atoms with Crippen molar-refractivity contribution in [3.63, 3.8) is 0 Å². The van der Waals surface area contributed by atoms with Crippen LogP contribution in [0.15, 0.2) is 0 Å². The predicted molar refractivity (Wildman–Crippen MR) is 65.9 cm³/mol. The highest BCUT2D eigenvalue weighted by molar-refractivity contribution is 5.42. The minimum Gasteiger partial charge on any atom is -0.250 e. The SMILES string of the molecule is FCC1(C(F)F)C(F)(F)C2(C(F)F)C(F)(F)C(F)(C(F)F)C(F)(F)C(C(F)F)(C1(F)F)C2(F)F. The lowest BCUT2D eigenvalue weighted by Crippen LogP contribution is -2.99. The summed E-state index contributed by atoms with van der Waals surface area (Å²) in [4.78, 5) is 0. The quantitative estimate of drug-likeness (QED) is 0.325. The first-order chi connectivity index (χ1) is 14.8. The van der Waals surface area contributed by atoms with Crippen molar-refractivity contribution < 1.29 is 87.8 Å². The molecule has 202 valence electrons. The van der Waals surface area contributed by atoms with Gasteiger partial charge in [0, 0.05) is 0 Å². The Morgan fingerprint density at radius 2 is 0.676 bits per heavy atom. The maximum atomic E-state index is 14.8. The molecule has 20 heteroatoms. The van der Waals surface area contributed by atoms with Crippen molar-refractivity contribution in [1.29, 1.82) is 0 Å². The third-order valence-corrected chi connectivity index (χ3v) is 6.54. The van der Waals surface area contributed by atoms with Gasteiger partial charge in [-0.25, -0.2) is 87.8 Å². The molecule has 0 nitrogen and oxygen atoms in total. The van der Waals surface area contributed by atoms with Crippen molar-refractivity contribution in [3.8, 4) is 0 Å². The van der Waals surface area contributed by atoms with Gasteiger partial charge in [-0.1, -0.05) is 0 Å². The third kappa shape index (κ3) is 2.01. The molecule has 0 N–H and O–H groups in total. The van der Waals surface area contributed by atoms with Gasteiger partial charge in [-0.15, -0.1) is 0 Å². The molecule has 2 aliphatic carbocycles. The van der Waals surface area contributed by atoms with Crippen LogP contribution >= 0.6 is 0 Å². The van der Waals surface area contributed by atoms with E-state index < -0.39 is 83.9 Å². The summed E-state index contributed by atoms with van der Waals surface area (Å²) in [5, 5.41) is 0. The number of alkyl halides is 20. The molecule has 2 saturated carbocycles. The van der Waals surface area contributed by atoms with Crippen molar-refractivity contribution >= 4 is 0 Å². The lowest BCUT2D eigenvalue weighted by atomic mass is 9.37. The van der Waals surface area contributed by atoms with E-state index >= 15 is 0 Å². The van der Waals surface area contributed by atoms with Crippen LogP contribution < -0.4 is 0 Å². The highest BCUT2D eigenvalue weighted by Gasteiger charge is 3.15. The Hall–Kier alpha value is -1.40. The molecule has 2 fully saturated rings. The van der Waals surface area contributed by atoms with Gasteiger partial charge in [-0.3, -0.25) is 0 Å². The Balaban J connectivity index is 3.54. The van der Waals surface area contributed by atoms with Crippen LogP contribution in [0.4, 0.5) is 87.8 Å². The molecule has 0 saturated heterocycles. The Morgan fingerprint density at radius 1 is 0.382 bits per heavy atom. The molecular weight excluding hydrogens is 548 g/mol. The zero-order valence-corrected chi connectivity index (χ0v) is 15.1. The zero-order valence-electron chi connectivity index (χ0n) is 15.1. The second-order valence-electron chi connectivity index (χ2n) is 7.51. The van der Waals surface area contributed by atoms with Gasteiger partial charge < -0.3 is 0 Å². The Bertz CT molecular complexity index is 764. The molecule has 0 aromatic carbocycles. The number of halogens is 20.